The maximum atomic E-state index is 13.2. The zero-order chi connectivity index (χ0) is 21.3. The van der Waals surface area contributed by atoms with E-state index in [1.54, 1.807) is 41.1 Å². The predicted octanol–water partition coefficient (Wildman–Crippen LogP) is 2.33. The Balaban J connectivity index is 2.04. The zero-order valence-electron chi connectivity index (χ0n) is 16.0. The number of hydrogen-bond acceptors (Lipinski definition) is 4. The van der Waals surface area contributed by atoms with Crippen molar-refractivity contribution in [1.82, 2.24) is 14.7 Å². The quantitative estimate of drug-likeness (QED) is 0.294. The van der Waals surface area contributed by atoms with Crippen molar-refractivity contribution in [2.45, 2.75) is 6.54 Å². The standard InChI is InChI=1S/C22H18ClN5O2/c1-2-10-25-21(29)15-12-16-20(26-18-9-5-6-11-27(18)22(16)30)28(19(15)24)13-14-7-3-4-8-17(14)23/h2-9,11-12,24H,1,10,13H2,(H,25,29)/p+1. The van der Waals surface area contributed by atoms with E-state index in [-0.39, 0.29) is 35.4 Å². The first kappa shape index (κ1) is 19.6. The Labute approximate surface area is 177 Å². The molecule has 30 heavy (non-hydrogen) atoms. The van der Waals surface area contributed by atoms with Gasteiger partial charge in [0.15, 0.2) is 0 Å². The number of nitrogen functional groups attached to an aromatic ring is 1. The van der Waals surface area contributed by atoms with E-state index in [2.05, 4.69) is 16.9 Å². The summed E-state index contributed by atoms with van der Waals surface area (Å²) in [6, 6.07) is 14.1. The molecule has 0 fully saturated rings. The van der Waals surface area contributed by atoms with Crippen LogP contribution in [-0.4, -0.2) is 21.8 Å². The number of benzene rings is 1. The molecule has 0 aliphatic carbocycles. The molecule has 4 aromatic rings. The molecule has 0 radical (unpaired) electrons. The maximum Gasteiger partial charge on any atom is 0.278 e. The van der Waals surface area contributed by atoms with E-state index in [0.29, 0.717) is 16.3 Å². The minimum atomic E-state index is -0.403. The van der Waals surface area contributed by atoms with Gasteiger partial charge < -0.3 is 11.1 Å². The van der Waals surface area contributed by atoms with Gasteiger partial charge in [0, 0.05) is 23.3 Å². The summed E-state index contributed by atoms with van der Waals surface area (Å²) >= 11 is 6.34. The first-order valence-electron chi connectivity index (χ1n) is 9.27. The number of pyridine rings is 2. The zero-order valence-corrected chi connectivity index (χ0v) is 16.8. The third-order valence-electron chi connectivity index (χ3n) is 4.80. The number of hydrogen-bond donors (Lipinski definition) is 2. The molecule has 1 amide bonds. The predicted molar refractivity (Wildman–Crippen MR) is 117 cm³/mol. The third kappa shape index (κ3) is 3.40. The van der Waals surface area contributed by atoms with Crippen molar-refractivity contribution < 1.29 is 9.36 Å². The first-order chi connectivity index (χ1) is 14.5. The van der Waals surface area contributed by atoms with Gasteiger partial charge in [0.25, 0.3) is 17.1 Å². The SMILES string of the molecule is C=CCNC(=O)c1cc2c(=O)n3ccccc3nc2[n+](Cc2ccccc2Cl)c1N. The van der Waals surface area contributed by atoms with E-state index in [1.165, 1.54) is 10.5 Å². The molecule has 4 rings (SSSR count). The molecule has 150 valence electrons. The van der Waals surface area contributed by atoms with Crippen LogP contribution in [0.1, 0.15) is 15.9 Å². The number of carbonyl (C=O) groups is 1. The molecule has 3 aromatic heterocycles. The van der Waals surface area contributed by atoms with Crippen LogP contribution in [0.5, 0.6) is 0 Å². The van der Waals surface area contributed by atoms with E-state index in [4.69, 9.17) is 17.3 Å². The summed E-state index contributed by atoms with van der Waals surface area (Å²) in [4.78, 5) is 30.5. The van der Waals surface area contributed by atoms with E-state index >= 15 is 0 Å². The van der Waals surface area contributed by atoms with Crippen LogP contribution in [0.25, 0.3) is 16.7 Å². The molecule has 0 saturated carbocycles. The summed E-state index contributed by atoms with van der Waals surface area (Å²) in [5.41, 5.74) is 7.94. The van der Waals surface area contributed by atoms with Crippen LogP contribution < -0.4 is 21.2 Å². The third-order valence-corrected chi connectivity index (χ3v) is 5.17. The van der Waals surface area contributed by atoms with Gasteiger partial charge in [-0.05, 0) is 24.3 Å². The fraction of sp³-hybridized carbons (Fsp3) is 0.0909. The van der Waals surface area contributed by atoms with Crippen LogP contribution >= 0.6 is 11.6 Å². The summed E-state index contributed by atoms with van der Waals surface area (Å²) < 4.78 is 3.08. The minimum Gasteiger partial charge on any atom is -0.348 e. The normalized spacial score (nSPS) is 11.0. The van der Waals surface area contributed by atoms with Crippen LogP contribution in [0.4, 0.5) is 5.82 Å². The summed E-state index contributed by atoms with van der Waals surface area (Å²) in [7, 11) is 0. The van der Waals surface area contributed by atoms with Gasteiger partial charge in [-0.25, -0.2) is 4.57 Å². The molecular formula is C22H19ClN5O2+. The van der Waals surface area contributed by atoms with Gasteiger partial charge in [0.05, 0.1) is 6.54 Å². The number of carbonyl (C=O) groups excluding carboxylic acids is 1. The van der Waals surface area contributed by atoms with E-state index < -0.39 is 5.91 Å². The van der Waals surface area contributed by atoms with Crippen molar-refractivity contribution in [3.8, 4) is 0 Å². The largest absolute Gasteiger partial charge is 0.348 e. The second kappa shape index (κ2) is 7.96. The number of rotatable bonds is 5. The van der Waals surface area contributed by atoms with Gasteiger partial charge in [-0.1, -0.05) is 46.9 Å². The number of amides is 1. The van der Waals surface area contributed by atoms with Crippen molar-refractivity contribution in [2.24, 2.45) is 0 Å². The lowest BCUT2D eigenvalue weighted by molar-refractivity contribution is -0.649. The van der Waals surface area contributed by atoms with Gasteiger partial charge in [0.1, 0.15) is 10.9 Å². The van der Waals surface area contributed by atoms with Crippen LogP contribution in [0.2, 0.25) is 5.02 Å². The van der Waals surface area contributed by atoms with Crippen molar-refractivity contribution in [3.63, 3.8) is 0 Å². The topological polar surface area (TPSA) is 93.4 Å². The fourth-order valence-corrected chi connectivity index (χ4v) is 3.50. The molecule has 3 heterocycles. The lowest BCUT2D eigenvalue weighted by Crippen LogP contribution is -2.43. The number of halogens is 1. The number of nitrogens with zero attached hydrogens (tertiary/aromatic N) is 3. The average Bonchev–Trinajstić information content (AvgIpc) is 2.75. The highest BCUT2D eigenvalue weighted by Crippen LogP contribution is 2.19. The highest BCUT2D eigenvalue weighted by Gasteiger charge is 2.24. The molecular weight excluding hydrogens is 402 g/mol. The highest BCUT2D eigenvalue weighted by molar-refractivity contribution is 6.31. The Hall–Kier alpha value is -3.71. The lowest BCUT2D eigenvalue weighted by Gasteiger charge is -2.13. The highest BCUT2D eigenvalue weighted by atomic mass is 35.5. The molecule has 7 nitrogen and oxygen atoms in total. The number of anilines is 1. The summed E-state index contributed by atoms with van der Waals surface area (Å²) in [6.45, 7) is 4.12. The molecule has 0 unspecified atom stereocenters. The second-order valence-corrected chi connectivity index (χ2v) is 7.11. The number of aromatic nitrogens is 3. The minimum absolute atomic E-state index is 0.186. The van der Waals surface area contributed by atoms with Crippen LogP contribution in [0, 0.1) is 0 Å². The van der Waals surface area contributed by atoms with E-state index in [9.17, 15) is 9.59 Å². The first-order valence-corrected chi connectivity index (χ1v) is 9.65. The fourth-order valence-electron chi connectivity index (χ4n) is 3.30. The summed E-state index contributed by atoms with van der Waals surface area (Å²) in [5, 5.41) is 3.54. The Kier molecular flexibility index (Phi) is 5.20. The Bertz CT molecular complexity index is 1360. The molecule has 0 bridgehead atoms. The molecule has 0 aliphatic heterocycles. The van der Waals surface area contributed by atoms with Gasteiger partial charge in [0.2, 0.25) is 11.5 Å². The molecule has 8 heteroatoms. The maximum absolute atomic E-state index is 13.2. The molecule has 1 aromatic carbocycles. The Morgan fingerprint density at radius 2 is 2.03 bits per heavy atom. The van der Waals surface area contributed by atoms with Crippen LogP contribution in [0.15, 0.2) is 72.2 Å². The number of nitrogens with two attached hydrogens (primary N) is 1. The van der Waals surface area contributed by atoms with E-state index in [0.717, 1.165) is 5.56 Å². The molecule has 0 aliphatic rings. The lowest BCUT2D eigenvalue weighted by atomic mass is 10.1. The van der Waals surface area contributed by atoms with Crippen molar-refractivity contribution >= 4 is 40.0 Å². The Morgan fingerprint density at radius 1 is 1.27 bits per heavy atom. The monoisotopic (exact) mass is 420 g/mol. The van der Waals surface area contributed by atoms with Crippen molar-refractivity contribution in [2.75, 3.05) is 12.3 Å². The smallest absolute Gasteiger partial charge is 0.278 e. The number of fused-ring (bicyclic) bond motifs is 2. The molecule has 0 atom stereocenters. The van der Waals surface area contributed by atoms with Gasteiger partial charge in [-0.3, -0.25) is 14.0 Å². The Morgan fingerprint density at radius 3 is 2.80 bits per heavy atom. The number of nitrogens with one attached hydrogen (secondary N) is 1. The van der Waals surface area contributed by atoms with Crippen LogP contribution in [-0.2, 0) is 6.54 Å². The molecule has 3 N–H and O–H groups in total. The summed E-state index contributed by atoms with van der Waals surface area (Å²) in [6.07, 6.45) is 3.20. The van der Waals surface area contributed by atoms with Gasteiger partial charge >= 0.3 is 0 Å². The van der Waals surface area contributed by atoms with Crippen molar-refractivity contribution in [3.05, 3.63) is 93.9 Å². The summed E-state index contributed by atoms with van der Waals surface area (Å²) in [5.74, 6) is -0.212. The van der Waals surface area contributed by atoms with Crippen molar-refractivity contribution in [1.29, 1.82) is 0 Å². The molecule has 0 saturated heterocycles. The average molecular weight is 421 g/mol. The van der Waals surface area contributed by atoms with E-state index in [1.807, 2.05) is 18.2 Å². The van der Waals surface area contributed by atoms with Gasteiger partial charge in [-0.15, -0.1) is 6.58 Å². The van der Waals surface area contributed by atoms with Gasteiger partial charge in [-0.2, -0.15) is 0 Å². The molecule has 0 spiro atoms. The van der Waals surface area contributed by atoms with Crippen LogP contribution in [0.3, 0.4) is 0 Å². The second-order valence-electron chi connectivity index (χ2n) is 6.70.